The molecule has 7 heteroatoms. The number of carbonyl (C=O) groups is 2. The average molecular weight is 485 g/mol. The fourth-order valence-electron chi connectivity index (χ4n) is 2.76. The number of anilines is 1. The topological polar surface area (TPSA) is 67.4 Å². The fraction of sp³-hybridized carbons (Fsp3) is 0.263. The Hall–Kier alpha value is -1.64. The van der Waals surface area contributed by atoms with Crippen molar-refractivity contribution >= 4 is 51.7 Å². The lowest BCUT2D eigenvalue weighted by Crippen LogP contribution is -2.32. The third-order valence-corrected chi connectivity index (χ3v) is 5.24. The van der Waals surface area contributed by atoms with Crippen molar-refractivity contribution in [2.24, 2.45) is 0 Å². The summed E-state index contributed by atoms with van der Waals surface area (Å²) >= 11 is 8.00. The molecule has 5 nitrogen and oxygen atoms in total. The van der Waals surface area contributed by atoms with Crippen molar-refractivity contribution in [3.05, 3.63) is 62.2 Å². The maximum absolute atomic E-state index is 12.6. The molecule has 1 aliphatic rings. The largest absolute Gasteiger partial charge is 0.376 e. The van der Waals surface area contributed by atoms with Crippen molar-refractivity contribution in [1.82, 2.24) is 5.32 Å². The zero-order chi connectivity index (χ0) is 18.5. The number of amides is 2. The number of rotatable bonds is 5. The predicted octanol–water partition coefficient (Wildman–Crippen LogP) is 4.11. The summed E-state index contributed by atoms with van der Waals surface area (Å²) in [4.78, 5) is 25.1. The van der Waals surface area contributed by atoms with Crippen molar-refractivity contribution in [3.63, 3.8) is 0 Å². The van der Waals surface area contributed by atoms with Gasteiger partial charge in [0, 0.05) is 21.7 Å². The van der Waals surface area contributed by atoms with Gasteiger partial charge in [-0.15, -0.1) is 0 Å². The molecule has 136 valence electrons. The maximum atomic E-state index is 12.6. The summed E-state index contributed by atoms with van der Waals surface area (Å²) < 4.78 is 6.26. The second-order valence-corrected chi connectivity index (χ2v) is 7.57. The smallest absolute Gasteiger partial charge is 0.256 e. The van der Waals surface area contributed by atoms with Crippen LogP contribution in [0.25, 0.3) is 0 Å². The Balaban J connectivity index is 1.71. The molecule has 26 heavy (non-hydrogen) atoms. The summed E-state index contributed by atoms with van der Waals surface area (Å²) in [7, 11) is 0. The van der Waals surface area contributed by atoms with Gasteiger partial charge in [0.05, 0.1) is 22.9 Å². The monoisotopic (exact) mass is 484 g/mol. The Morgan fingerprint density at radius 1 is 1.15 bits per heavy atom. The summed E-state index contributed by atoms with van der Waals surface area (Å²) in [5.41, 5.74) is 1.39. The van der Waals surface area contributed by atoms with E-state index in [1.54, 1.807) is 42.5 Å². The van der Waals surface area contributed by atoms with Crippen molar-refractivity contribution < 1.29 is 14.3 Å². The van der Waals surface area contributed by atoms with Gasteiger partial charge in [-0.3, -0.25) is 9.59 Å². The molecule has 1 atom stereocenters. The predicted molar refractivity (Wildman–Crippen MR) is 110 cm³/mol. The van der Waals surface area contributed by atoms with Gasteiger partial charge in [0.15, 0.2) is 0 Å². The first-order chi connectivity index (χ1) is 12.5. The van der Waals surface area contributed by atoms with E-state index in [-0.39, 0.29) is 17.9 Å². The van der Waals surface area contributed by atoms with Crippen LogP contribution in [0.3, 0.4) is 0 Å². The van der Waals surface area contributed by atoms with E-state index in [0.717, 1.165) is 23.0 Å². The summed E-state index contributed by atoms with van der Waals surface area (Å²) in [5, 5.41) is 6.27. The number of halogens is 2. The van der Waals surface area contributed by atoms with E-state index >= 15 is 0 Å². The van der Waals surface area contributed by atoms with Crippen LogP contribution < -0.4 is 10.6 Å². The van der Waals surface area contributed by atoms with Gasteiger partial charge >= 0.3 is 0 Å². The highest BCUT2D eigenvalue weighted by Gasteiger charge is 2.19. The zero-order valence-electron chi connectivity index (χ0n) is 13.9. The van der Waals surface area contributed by atoms with Crippen LogP contribution in [-0.2, 0) is 4.74 Å². The Kier molecular flexibility index (Phi) is 6.50. The van der Waals surface area contributed by atoms with Gasteiger partial charge in [0.2, 0.25) is 0 Å². The van der Waals surface area contributed by atoms with Crippen LogP contribution >= 0.6 is 34.2 Å². The summed E-state index contributed by atoms with van der Waals surface area (Å²) in [6.45, 7) is 1.21. The molecule has 0 spiro atoms. The number of nitrogens with one attached hydrogen (secondary N) is 2. The van der Waals surface area contributed by atoms with Gasteiger partial charge < -0.3 is 15.4 Å². The van der Waals surface area contributed by atoms with Crippen LogP contribution in [0.15, 0.2) is 42.5 Å². The van der Waals surface area contributed by atoms with Gasteiger partial charge in [-0.2, -0.15) is 0 Å². The Morgan fingerprint density at radius 2 is 1.96 bits per heavy atom. The van der Waals surface area contributed by atoms with E-state index in [4.69, 9.17) is 16.3 Å². The fourth-order valence-corrected chi connectivity index (χ4v) is 3.88. The van der Waals surface area contributed by atoms with Gasteiger partial charge in [-0.25, -0.2) is 0 Å². The van der Waals surface area contributed by atoms with Crippen LogP contribution in [0, 0.1) is 3.57 Å². The number of hydrogen-bond acceptors (Lipinski definition) is 3. The highest BCUT2D eigenvalue weighted by Crippen LogP contribution is 2.21. The lowest BCUT2D eigenvalue weighted by atomic mass is 10.1. The minimum atomic E-state index is -0.287. The van der Waals surface area contributed by atoms with Gasteiger partial charge in [0.25, 0.3) is 11.8 Å². The first kappa shape index (κ1) is 19.1. The molecule has 0 radical (unpaired) electrons. The molecule has 2 aromatic carbocycles. The molecule has 1 heterocycles. The number of carbonyl (C=O) groups excluding carboxylic acids is 2. The molecular formula is C19H18ClIN2O3. The Morgan fingerprint density at radius 3 is 2.69 bits per heavy atom. The molecule has 0 bridgehead atoms. The van der Waals surface area contributed by atoms with E-state index in [0.29, 0.717) is 28.4 Å². The van der Waals surface area contributed by atoms with E-state index in [9.17, 15) is 9.59 Å². The van der Waals surface area contributed by atoms with E-state index in [1.165, 1.54) is 0 Å². The third kappa shape index (κ3) is 4.75. The van der Waals surface area contributed by atoms with Gasteiger partial charge in [-0.05, 0) is 65.8 Å². The van der Waals surface area contributed by atoms with E-state index in [1.807, 2.05) is 0 Å². The molecule has 1 fully saturated rings. The number of hydrogen-bond donors (Lipinski definition) is 2. The van der Waals surface area contributed by atoms with E-state index < -0.39 is 0 Å². The molecule has 2 aromatic rings. The second-order valence-electron chi connectivity index (χ2n) is 5.97. The Bertz CT molecular complexity index is 822. The van der Waals surface area contributed by atoms with Crippen LogP contribution in [0.1, 0.15) is 33.6 Å². The molecule has 3 rings (SSSR count). The minimum Gasteiger partial charge on any atom is -0.376 e. The maximum Gasteiger partial charge on any atom is 0.256 e. The number of benzene rings is 2. The van der Waals surface area contributed by atoms with Gasteiger partial charge in [0.1, 0.15) is 0 Å². The highest BCUT2D eigenvalue weighted by atomic mass is 127. The van der Waals surface area contributed by atoms with Crippen molar-refractivity contribution in [2.75, 3.05) is 18.5 Å². The first-order valence-corrected chi connectivity index (χ1v) is 9.75. The van der Waals surface area contributed by atoms with Crippen molar-refractivity contribution in [3.8, 4) is 0 Å². The van der Waals surface area contributed by atoms with E-state index in [2.05, 4.69) is 33.2 Å². The molecule has 0 saturated carbocycles. The number of para-hydroxylation sites is 1. The lowest BCUT2D eigenvalue weighted by Gasteiger charge is -2.14. The summed E-state index contributed by atoms with van der Waals surface area (Å²) in [5.74, 6) is -0.521. The van der Waals surface area contributed by atoms with Gasteiger partial charge in [-0.1, -0.05) is 23.7 Å². The lowest BCUT2D eigenvalue weighted by molar-refractivity contribution is 0.0858. The standard InChI is InChI=1S/C19H18ClIN2O3/c20-12-7-8-14(16(21)10-12)19(25)23-17-6-2-1-5-15(17)18(24)22-11-13-4-3-9-26-13/h1-2,5-8,10,13H,3-4,9,11H2,(H,22,24)(H,23,25). The normalized spacial score (nSPS) is 16.3. The van der Waals surface area contributed by atoms with Crippen molar-refractivity contribution in [2.45, 2.75) is 18.9 Å². The number of ether oxygens (including phenoxy) is 1. The first-order valence-electron chi connectivity index (χ1n) is 8.30. The average Bonchev–Trinajstić information content (AvgIpc) is 3.13. The molecule has 1 aliphatic heterocycles. The minimum absolute atomic E-state index is 0.0661. The molecule has 2 N–H and O–H groups in total. The summed E-state index contributed by atoms with van der Waals surface area (Å²) in [6, 6.07) is 12.0. The van der Waals surface area contributed by atoms with Crippen LogP contribution in [0.2, 0.25) is 5.02 Å². The van der Waals surface area contributed by atoms with Crippen LogP contribution in [-0.4, -0.2) is 31.1 Å². The molecule has 0 aromatic heterocycles. The highest BCUT2D eigenvalue weighted by molar-refractivity contribution is 14.1. The molecule has 0 aliphatic carbocycles. The molecule has 2 amide bonds. The van der Waals surface area contributed by atoms with Crippen molar-refractivity contribution in [1.29, 1.82) is 0 Å². The molecular weight excluding hydrogens is 467 g/mol. The third-order valence-electron chi connectivity index (χ3n) is 4.11. The molecule has 1 unspecified atom stereocenters. The summed E-state index contributed by atoms with van der Waals surface area (Å²) in [6.07, 6.45) is 2.04. The second kappa shape index (κ2) is 8.83. The SMILES string of the molecule is O=C(Nc1ccccc1C(=O)NCC1CCCO1)c1ccc(Cl)cc1I. The molecule has 1 saturated heterocycles. The Labute approximate surface area is 170 Å². The van der Waals surface area contributed by atoms with Crippen LogP contribution in [0.4, 0.5) is 5.69 Å². The zero-order valence-corrected chi connectivity index (χ0v) is 16.8. The quantitative estimate of drug-likeness (QED) is 0.628. The van der Waals surface area contributed by atoms with Crippen LogP contribution in [0.5, 0.6) is 0 Å².